The van der Waals surface area contributed by atoms with Gasteiger partial charge in [-0.25, -0.2) is 4.79 Å². The van der Waals surface area contributed by atoms with Gasteiger partial charge in [0.1, 0.15) is 5.58 Å². The predicted molar refractivity (Wildman–Crippen MR) is 78.1 cm³/mol. The van der Waals surface area contributed by atoms with Crippen molar-refractivity contribution in [1.29, 1.82) is 5.26 Å². The summed E-state index contributed by atoms with van der Waals surface area (Å²) < 4.78 is 5.49. The van der Waals surface area contributed by atoms with Crippen LogP contribution in [-0.2, 0) is 0 Å². The summed E-state index contributed by atoms with van der Waals surface area (Å²) >= 11 is 0. The lowest BCUT2D eigenvalue weighted by Crippen LogP contribution is -1.99. The number of hydrogen-bond acceptors (Lipinski definition) is 3. The number of rotatable bonds is 2. The summed E-state index contributed by atoms with van der Waals surface area (Å²) in [7, 11) is 0. The van der Waals surface area contributed by atoms with Gasteiger partial charge in [-0.3, -0.25) is 0 Å². The maximum Gasteiger partial charge on any atom is 0.335 e. The second-order valence-corrected chi connectivity index (χ2v) is 4.81. The van der Waals surface area contributed by atoms with Crippen LogP contribution in [0.5, 0.6) is 0 Å². The zero-order chi connectivity index (χ0) is 15.0. The maximum absolute atomic E-state index is 11.1. The van der Waals surface area contributed by atoms with Gasteiger partial charge < -0.3 is 9.52 Å². The minimum atomic E-state index is -0.951. The Balaban J connectivity index is 2.25. The molecule has 0 radical (unpaired) electrons. The molecule has 0 spiro atoms. The molecule has 3 aromatic rings. The van der Waals surface area contributed by atoms with Crippen LogP contribution in [0.15, 0.2) is 47.1 Å². The quantitative estimate of drug-likeness (QED) is 0.768. The molecule has 0 fully saturated rings. The first-order valence-electron chi connectivity index (χ1n) is 6.36. The number of nitrogens with zero attached hydrogens (tertiary/aromatic N) is 1. The third-order valence-corrected chi connectivity index (χ3v) is 3.45. The fraction of sp³-hybridized carbons (Fsp3) is 0.0588. The molecule has 0 unspecified atom stereocenters. The molecule has 0 atom stereocenters. The second-order valence-electron chi connectivity index (χ2n) is 4.81. The van der Waals surface area contributed by atoms with Crippen LogP contribution in [0, 0.1) is 18.3 Å². The van der Waals surface area contributed by atoms with E-state index in [0.717, 1.165) is 16.5 Å². The Morgan fingerprint density at radius 2 is 2.05 bits per heavy atom. The minimum Gasteiger partial charge on any atom is -0.478 e. The highest BCUT2D eigenvalue weighted by Gasteiger charge is 2.12. The molecule has 1 aromatic heterocycles. The van der Waals surface area contributed by atoms with Gasteiger partial charge in [-0.05, 0) is 42.3 Å². The van der Waals surface area contributed by atoms with Crippen molar-refractivity contribution in [2.24, 2.45) is 0 Å². The number of aryl methyl sites for hydroxylation is 1. The molecule has 0 aliphatic heterocycles. The van der Waals surface area contributed by atoms with Crippen molar-refractivity contribution >= 4 is 16.9 Å². The number of aromatic carboxylic acids is 1. The lowest BCUT2D eigenvalue weighted by molar-refractivity contribution is 0.0696. The average Bonchev–Trinajstić information content (AvgIpc) is 2.93. The summed E-state index contributed by atoms with van der Waals surface area (Å²) in [4.78, 5) is 11.1. The molecule has 0 aliphatic carbocycles. The molecule has 0 saturated carbocycles. The monoisotopic (exact) mass is 277 g/mol. The summed E-state index contributed by atoms with van der Waals surface area (Å²) in [5.41, 5.74) is 3.78. The van der Waals surface area contributed by atoms with Crippen LogP contribution < -0.4 is 0 Å². The van der Waals surface area contributed by atoms with Crippen molar-refractivity contribution in [3.8, 4) is 17.2 Å². The second kappa shape index (κ2) is 4.80. The lowest BCUT2D eigenvalue weighted by atomic mass is 9.97. The van der Waals surface area contributed by atoms with E-state index in [4.69, 9.17) is 14.8 Å². The van der Waals surface area contributed by atoms with Gasteiger partial charge in [-0.2, -0.15) is 5.26 Å². The number of carbonyl (C=O) groups is 1. The Bertz CT molecular complexity index is 900. The van der Waals surface area contributed by atoms with E-state index in [9.17, 15) is 4.79 Å². The smallest absolute Gasteiger partial charge is 0.335 e. The van der Waals surface area contributed by atoms with Gasteiger partial charge in [0.2, 0.25) is 0 Å². The largest absolute Gasteiger partial charge is 0.478 e. The average molecular weight is 277 g/mol. The molecule has 0 saturated heterocycles. The van der Waals surface area contributed by atoms with E-state index < -0.39 is 5.97 Å². The fourth-order valence-corrected chi connectivity index (χ4v) is 2.43. The van der Waals surface area contributed by atoms with Gasteiger partial charge in [0.25, 0.3) is 0 Å². The van der Waals surface area contributed by atoms with Crippen LogP contribution in [0.2, 0.25) is 0 Å². The molecule has 102 valence electrons. The maximum atomic E-state index is 11.1. The predicted octanol–water partition coefficient (Wildman–Crippen LogP) is 3.98. The molecule has 21 heavy (non-hydrogen) atoms. The Morgan fingerprint density at radius 1 is 1.24 bits per heavy atom. The van der Waals surface area contributed by atoms with Crippen LogP contribution in [0.1, 0.15) is 21.5 Å². The molecule has 0 bridgehead atoms. The minimum absolute atomic E-state index is 0.269. The van der Waals surface area contributed by atoms with E-state index in [-0.39, 0.29) is 5.56 Å². The molecule has 4 heteroatoms. The molecule has 0 aliphatic rings. The third-order valence-electron chi connectivity index (χ3n) is 3.45. The molecule has 4 nitrogen and oxygen atoms in total. The third kappa shape index (κ3) is 2.15. The first-order chi connectivity index (χ1) is 10.1. The number of fused-ring (bicyclic) bond motifs is 1. The molecular formula is C17H11NO3. The van der Waals surface area contributed by atoms with Gasteiger partial charge in [0.05, 0.1) is 23.5 Å². The van der Waals surface area contributed by atoms with Crippen molar-refractivity contribution in [3.05, 3.63) is 59.4 Å². The normalized spacial score (nSPS) is 10.5. The first-order valence-corrected chi connectivity index (χ1v) is 6.36. The molecule has 2 aromatic carbocycles. The zero-order valence-electron chi connectivity index (χ0n) is 11.3. The number of hydrogen-bond donors (Lipinski definition) is 1. The van der Waals surface area contributed by atoms with E-state index in [2.05, 4.69) is 6.07 Å². The molecule has 0 amide bonds. The van der Waals surface area contributed by atoms with Gasteiger partial charge in [0.15, 0.2) is 0 Å². The standard InChI is InChI=1S/C17H11NO3/c1-10-6-12(2-3-14(10)17(19)20)15-8-11(9-18)7-13-4-5-21-16(13)15/h2-8H,1H3,(H,19,20). The SMILES string of the molecule is Cc1cc(-c2cc(C#N)cc3ccoc23)ccc1C(=O)O. The van der Waals surface area contributed by atoms with Gasteiger partial charge >= 0.3 is 5.97 Å². The van der Waals surface area contributed by atoms with Crippen molar-refractivity contribution in [2.75, 3.05) is 0 Å². The summed E-state index contributed by atoms with van der Waals surface area (Å²) in [6, 6.07) is 12.5. The highest BCUT2D eigenvalue weighted by atomic mass is 16.4. The van der Waals surface area contributed by atoms with Gasteiger partial charge in [-0.1, -0.05) is 12.1 Å². The van der Waals surface area contributed by atoms with Gasteiger partial charge in [-0.15, -0.1) is 0 Å². The van der Waals surface area contributed by atoms with Crippen LogP contribution >= 0.6 is 0 Å². The number of benzene rings is 2. The van der Waals surface area contributed by atoms with Crippen molar-refractivity contribution in [2.45, 2.75) is 6.92 Å². The molecule has 1 N–H and O–H groups in total. The summed E-state index contributed by atoms with van der Waals surface area (Å²) in [6.45, 7) is 1.75. The van der Waals surface area contributed by atoms with Crippen LogP contribution in [-0.4, -0.2) is 11.1 Å². The molecule has 3 rings (SSSR count). The van der Waals surface area contributed by atoms with Crippen LogP contribution in [0.3, 0.4) is 0 Å². The Morgan fingerprint density at radius 3 is 2.71 bits per heavy atom. The zero-order valence-corrected chi connectivity index (χ0v) is 11.3. The van der Waals surface area contributed by atoms with E-state index in [1.807, 2.05) is 0 Å². The summed E-state index contributed by atoms with van der Waals surface area (Å²) in [5, 5.41) is 19.1. The Hall–Kier alpha value is -3.06. The van der Waals surface area contributed by atoms with E-state index >= 15 is 0 Å². The van der Waals surface area contributed by atoms with E-state index in [0.29, 0.717) is 16.7 Å². The number of nitriles is 1. The van der Waals surface area contributed by atoms with Gasteiger partial charge in [0, 0.05) is 10.9 Å². The fourth-order valence-electron chi connectivity index (χ4n) is 2.43. The first kappa shape index (κ1) is 12.9. The van der Waals surface area contributed by atoms with E-state index in [1.54, 1.807) is 49.6 Å². The highest BCUT2D eigenvalue weighted by molar-refractivity contribution is 5.95. The van der Waals surface area contributed by atoms with E-state index in [1.165, 1.54) is 0 Å². The van der Waals surface area contributed by atoms with Crippen molar-refractivity contribution in [1.82, 2.24) is 0 Å². The lowest BCUT2D eigenvalue weighted by Gasteiger charge is -2.07. The Labute approximate surface area is 120 Å². The summed E-state index contributed by atoms with van der Waals surface area (Å²) in [6.07, 6.45) is 1.58. The number of carboxylic acids is 1. The number of furan rings is 1. The Kier molecular flexibility index (Phi) is 2.96. The topological polar surface area (TPSA) is 74.2 Å². The number of carboxylic acid groups (broad SMARTS) is 1. The summed E-state index contributed by atoms with van der Waals surface area (Å²) in [5.74, 6) is -0.951. The molecule has 1 heterocycles. The highest BCUT2D eigenvalue weighted by Crippen LogP contribution is 2.32. The molecular weight excluding hydrogens is 266 g/mol. The van der Waals surface area contributed by atoms with Crippen LogP contribution in [0.4, 0.5) is 0 Å². The van der Waals surface area contributed by atoms with Crippen LogP contribution in [0.25, 0.3) is 22.1 Å². The van der Waals surface area contributed by atoms with Crippen molar-refractivity contribution < 1.29 is 14.3 Å². The van der Waals surface area contributed by atoms with Crippen molar-refractivity contribution in [3.63, 3.8) is 0 Å².